The van der Waals surface area contributed by atoms with E-state index in [0.29, 0.717) is 41.7 Å². The van der Waals surface area contributed by atoms with Crippen molar-refractivity contribution < 1.29 is 4.52 Å². The number of hydrogen-bond acceptors (Lipinski definition) is 4. The van der Waals surface area contributed by atoms with Crippen molar-refractivity contribution in [2.75, 3.05) is 6.54 Å². The molecule has 1 aromatic heterocycles. The van der Waals surface area contributed by atoms with E-state index < -0.39 is 0 Å². The molecule has 0 radical (unpaired) electrons. The number of nitrogens with one attached hydrogen (secondary N) is 1. The van der Waals surface area contributed by atoms with Crippen LogP contribution < -0.4 is 11.1 Å². The van der Waals surface area contributed by atoms with E-state index in [2.05, 4.69) is 20.4 Å². The molecule has 1 heterocycles. The number of rotatable bonds is 5. The third kappa shape index (κ3) is 4.71. The average Bonchev–Trinajstić information content (AvgIpc) is 3.05. The lowest BCUT2D eigenvalue weighted by atomic mass is 9.96. The van der Waals surface area contributed by atoms with Gasteiger partial charge in [-0.1, -0.05) is 36.0 Å². The molecule has 1 fully saturated rings. The van der Waals surface area contributed by atoms with Gasteiger partial charge in [-0.15, -0.1) is 0 Å². The van der Waals surface area contributed by atoms with Crippen LogP contribution in [-0.4, -0.2) is 28.7 Å². The minimum atomic E-state index is 0.461. The second-order valence-electron chi connectivity index (χ2n) is 6.01. The van der Waals surface area contributed by atoms with E-state index in [9.17, 15) is 0 Å². The lowest BCUT2D eigenvalue weighted by molar-refractivity contribution is 0.380. The van der Waals surface area contributed by atoms with Crippen molar-refractivity contribution in [2.24, 2.45) is 10.7 Å². The summed E-state index contributed by atoms with van der Waals surface area (Å²) >= 11 is 5.88. The van der Waals surface area contributed by atoms with Crippen molar-refractivity contribution in [3.63, 3.8) is 0 Å². The molecule has 6 nitrogen and oxygen atoms in total. The summed E-state index contributed by atoms with van der Waals surface area (Å²) < 4.78 is 5.26. The van der Waals surface area contributed by atoms with E-state index in [1.807, 2.05) is 12.1 Å². The van der Waals surface area contributed by atoms with Crippen LogP contribution in [0.25, 0.3) is 11.4 Å². The number of nitrogens with two attached hydrogens (primary N) is 1. The van der Waals surface area contributed by atoms with Gasteiger partial charge < -0.3 is 15.6 Å². The third-order valence-corrected chi connectivity index (χ3v) is 4.39. The van der Waals surface area contributed by atoms with Crippen LogP contribution in [-0.2, 0) is 6.42 Å². The predicted molar refractivity (Wildman–Crippen MR) is 94.9 cm³/mol. The van der Waals surface area contributed by atoms with Crippen LogP contribution in [0.3, 0.4) is 0 Å². The van der Waals surface area contributed by atoms with E-state index in [1.54, 1.807) is 12.1 Å². The van der Waals surface area contributed by atoms with Gasteiger partial charge in [-0.3, -0.25) is 4.99 Å². The smallest absolute Gasteiger partial charge is 0.228 e. The minimum Gasteiger partial charge on any atom is -0.370 e. The predicted octanol–water partition coefficient (Wildman–Crippen LogP) is 3.17. The van der Waals surface area contributed by atoms with Crippen LogP contribution in [0.1, 0.15) is 38.0 Å². The molecule has 2 aromatic rings. The quantitative estimate of drug-likeness (QED) is 0.640. The Morgan fingerprint density at radius 3 is 2.75 bits per heavy atom. The van der Waals surface area contributed by atoms with Crippen LogP contribution in [0.2, 0.25) is 5.02 Å². The third-order valence-electron chi connectivity index (χ3n) is 4.14. The maximum Gasteiger partial charge on any atom is 0.228 e. The highest BCUT2D eigenvalue weighted by atomic mass is 35.5. The zero-order valence-corrected chi connectivity index (χ0v) is 14.3. The Bertz CT molecular complexity index is 677. The van der Waals surface area contributed by atoms with Gasteiger partial charge in [0, 0.05) is 23.0 Å². The summed E-state index contributed by atoms with van der Waals surface area (Å²) in [6, 6.07) is 7.79. The molecule has 1 aromatic carbocycles. The SMILES string of the molecule is NC(=NCCc1nc(-c2ccc(Cl)cc2)no1)NC1CCCCC1. The first kappa shape index (κ1) is 16.8. The Labute approximate surface area is 146 Å². The number of aliphatic imine (C=N–C) groups is 1. The second kappa shape index (κ2) is 8.15. The van der Waals surface area contributed by atoms with Crippen molar-refractivity contribution in [2.45, 2.75) is 44.6 Å². The lowest BCUT2D eigenvalue weighted by Gasteiger charge is -2.23. The molecule has 0 atom stereocenters. The summed E-state index contributed by atoms with van der Waals surface area (Å²) in [7, 11) is 0. The number of hydrogen-bond donors (Lipinski definition) is 2. The van der Waals surface area contributed by atoms with Crippen LogP contribution in [0, 0.1) is 0 Å². The minimum absolute atomic E-state index is 0.461. The van der Waals surface area contributed by atoms with Crippen molar-refractivity contribution in [3.8, 4) is 11.4 Å². The van der Waals surface area contributed by atoms with Gasteiger partial charge in [0.1, 0.15) is 0 Å². The zero-order valence-electron chi connectivity index (χ0n) is 13.5. The van der Waals surface area contributed by atoms with Crippen LogP contribution in [0.5, 0.6) is 0 Å². The van der Waals surface area contributed by atoms with E-state index >= 15 is 0 Å². The van der Waals surface area contributed by atoms with Crippen molar-refractivity contribution in [1.82, 2.24) is 15.5 Å². The molecule has 1 aliphatic rings. The topological polar surface area (TPSA) is 89.3 Å². The van der Waals surface area contributed by atoms with E-state index in [0.717, 1.165) is 5.56 Å². The van der Waals surface area contributed by atoms with Crippen LogP contribution in [0.4, 0.5) is 0 Å². The Balaban J connectivity index is 1.49. The number of halogens is 1. The highest BCUT2D eigenvalue weighted by molar-refractivity contribution is 6.30. The average molecular weight is 348 g/mol. The van der Waals surface area contributed by atoms with Gasteiger partial charge >= 0.3 is 0 Å². The lowest BCUT2D eigenvalue weighted by Crippen LogP contribution is -2.41. The molecule has 0 amide bonds. The molecular weight excluding hydrogens is 326 g/mol. The van der Waals surface area contributed by atoms with E-state index in [4.69, 9.17) is 21.9 Å². The Kier molecular flexibility index (Phi) is 5.69. The van der Waals surface area contributed by atoms with Gasteiger partial charge in [-0.05, 0) is 37.1 Å². The molecule has 7 heteroatoms. The molecule has 0 aliphatic heterocycles. The summed E-state index contributed by atoms with van der Waals surface area (Å²) in [6.45, 7) is 0.522. The van der Waals surface area contributed by atoms with Gasteiger partial charge in [-0.2, -0.15) is 4.98 Å². The summed E-state index contributed by atoms with van der Waals surface area (Å²) in [4.78, 5) is 8.72. The highest BCUT2D eigenvalue weighted by Gasteiger charge is 2.13. The summed E-state index contributed by atoms with van der Waals surface area (Å²) in [5.74, 6) is 1.60. The number of guanidine groups is 1. The summed E-state index contributed by atoms with van der Waals surface area (Å²) in [5, 5.41) is 7.95. The second-order valence-corrected chi connectivity index (χ2v) is 6.45. The number of benzene rings is 1. The van der Waals surface area contributed by atoms with Crippen molar-refractivity contribution >= 4 is 17.6 Å². The molecule has 0 unspecified atom stereocenters. The molecule has 0 bridgehead atoms. The Hall–Kier alpha value is -2.08. The molecule has 0 spiro atoms. The summed E-state index contributed by atoms with van der Waals surface area (Å²) in [6.07, 6.45) is 6.76. The van der Waals surface area contributed by atoms with Gasteiger partial charge in [0.2, 0.25) is 11.7 Å². The molecular formula is C17H22ClN5O. The normalized spacial score (nSPS) is 16.3. The first-order chi connectivity index (χ1) is 11.7. The molecule has 24 heavy (non-hydrogen) atoms. The largest absolute Gasteiger partial charge is 0.370 e. The van der Waals surface area contributed by atoms with Crippen LogP contribution in [0.15, 0.2) is 33.8 Å². The van der Waals surface area contributed by atoms with Crippen molar-refractivity contribution in [3.05, 3.63) is 35.2 Å². The first-order valence-electron chi connectivity index (χ1n) is 8.36. The number of aromatic nitrogens is 2. The van der Waals surface area contributed by atoms with E-state index in [-0.39, 0.29) is 0 Å². The highest BCUT2D eigenvalue weighted by Crippen LogP contribution is 2.19. The molecule has 128 valence electrons. The maximum atomic E-state index is 5.94. The Morgan fingerprint density at radius 2 is 2.00 bits per heavy atom. The first-order valence-corrected chi connectivity index (χ1v) is 8.73. The fourth-order valence-electron chi connectivity index (χ4n) is 2.85. The molecule has 1 saturated carbocycles. The van der Waals surface area contributed by atoms with Gasteiger partial charge in [-0.25, -0.2) is 0 Å². The maximum absolute atomic E-state index is 5.94. The van der Waals surface area contributed by atoms with Gasteiger partial charge in [0.05, 0.1) is 6.54 Å². The van der Waals surface area contributed by atoms with Gasteiger partial charge in [0.25, 0.3) is 0 Å². The summed E-state index contributed by atoms with van der Waals surface area (Å²) in [5.41, 5.74) is 6.81. The number of nitrogens with zero attached hydrogens (tertiary/aromatic N) is 3. The standard InChI is InChI=1S/C17H22ClN5O/c18-13-8-6-12(7-9-13)16-22-15(24-23-16)10-11-20-17(19)21-14-4-2-1-3-5-14/h6-9,14H,1-5,10-11H2,(H3,19,20,21). The monoisotopic (exact) mass is 347 g/mol. The molecule has 0 saturated heterocycles. The molecule has 3 rings (SSSR count). The molecule has 1 aliphatic carbocycles. The van der Waals surface area contributed by atoms with Crippen molar-refractivity contribution in [1.29, 1.82) is 0 Å². The van der Waals surface area contributed by atoms with E-state index in [1.165, 1.54) is 32.1 Å². The molecule has 3 N–H and O–H groups in total. The van der Waals surface area contributed by atoms with Gasteiger partial charge in [0.15, 0.2) is 5.96 Å². The zero-order chi connectivity index (χ0) is 16.8. The van der Waals surface area contributed by atoms with Crippen LogP contribution >= 0.6 is 11.6 Å². The Morgan fingerprint density at radius 1 is 1.25 bits per heavy atom. The fourth-order valence-corrected chi connectivity index (χ4v) is 2.97. The fraction of sp³-hybridized carbons (Fsp3) is 0.471.